The summed E-state index contributed by atoms with van der Waals surface area (Å²) in [6, 6.07) is 6.91. The molecular weight excluding hydrogens is 290 g/mol. The average molecular weight is 312 g/mol. The van der Waals surface area contributed by atoms with Crippen molar-refractivity contribution in [2.45, 2.75) is 38.1 Å². The predicted molar refractivity (Wildman–Crippen MR) is 85.7 cm³/mol. The van der Waals surface area contributed by atoms with Gasteiger partial charge in [-0.2, -0.15) is 0 Å². The minimum absolute atomic E-state index is 0. The zero-order valence-corrected chi connectivity index (χ0v) is 13.0. The summed E-state index contributed by atoms with van der Waals surface area (Å²) in [4.78, 5) is 23.9. The molecule has 1 aliphatic carbocycles. The Bertz CT molecular complexity index is 515. The topological polar surface area (TPSA) is 84.2 Å². The van der Waals surface area contributed by atoms with E-state index in [9.17, 15) is 9.59 Å². The van der Waals surface area contributed by atoms with Crippen LogP contribution in [0.1, 0.15) is 43.0 Å². The average Bonchev–Trinajstić information content (AvgIpc) is 2.42. The minimum Gasteiger partial charge on any atom is -0.352 e. The van der Waals surface area contributed by atoms with Gasteiger partial charge in [0.25, 0.3) is 5.91 Å². The number of amides is 2. The highest BCUT2D eigenvalue weighted by Gasteiger charge is 2.40. The molecule has 1 saturated carbocycles. The van der Waals surface area contributed by atoms with Crippen molar-refractivity contribution in [2.75, 3.05) is 11.9 Å². The highest BCUT2D eigenvalue weighted by molar-refractivity contribution is 6.00. The van der Waals surface area contributed by atoms with E-state index in [1.165, 1.54) is 0 Å². The van der Waals surface area contributed by atoms with Gasteiger partial charge in [-0.05, 0) is 43.9 Å². The SMILES string of the molecule is CCCNC(=O)c1cccc(NC(=O)C2(N)CCC2)c1.Cl. The van der Waals surface area contributed by atoms with Crippen LogP contribution in [-0.2, 0) is 4.79 Å². The van der Waals surface area contributed by atoms with Crippen molar-refractivity contribution >= 4 is 29.9 Å². The number of carbonyl (C=O) groups is 2. The second-order valence-electron chi connectivity index (χ2n) is 5.30. The first kappa shape index (κ1) is 17.5. The Kier molecular flexibility index (Phi) is 6.18. The second kappa shape index (κ2) is 7.43. The summed E-state index contributed by atoms with van der Waals surface area (Å²) < 4.78 is 0. The fraction of sp³-hybridized carbons (Fsp3) is 0.467. The third kappa shape index (κ3) is 4.19. The number of rotatable bonds is 5. The van der Waals surface area contributed by atoms with E-state index >= 15 is 0 Å². The Balaban J connectivity index is 0.00000220. The molecule has 4 N–H and O–H groups in total. The lowest BCUT2D eigenvalue weighted by molar-refractivity contribution is -0.123. The maximum absolute atomic E-state index is 12.0. The lowest BCUT2D eigenvalue weighted by Crippen LogP contribution is -2.56. The van der Waals surface area contributed by atoms with Crippen LogP contribution in [0, 0.1) is 0 Å². The van der Waals surface area contributed by atoms with Crippen molar-refractivity contribution in [3.05, 3.63) is 29.8 Å². The Morgan fingerprint density at radius 2 is 2.05 bits per heavy atom. The first-order chi connectivity index (χ1) is 9.55. The first-order valence-corrected chi connectivity index (χ1v) is 7.04. The van der Waals surface area contributed by atoms with E-state index in [1.807, 2.05) is 6.92 Å². The molecule has 2 amide bonds. The number of nitrogens with one attached hydrogen (secondary N) is 2. The summed E-state index contributed by atoms with van der Waals surface area (Å²) in [7, 11) is 0. The summed E-state index contributed by atoms with van der Waals surface area (Å²) in [6.45, 7) is 2.64. The molecule has 0 bridgehead atoms. The molecule has 0 unspecified atom stereocenters. The third-order valence-electron chi connectivity index (χ3n) is 3.62. The second-order valence-corrected chi connectivity index (χ2v) is 5.30. The molecule has 1 fully saturated rings. The van der Waals surface area contributed by atoms with Crippen LogP contribution in [-0.4, -0.2) is 23.9 Å². The van der Waals surface area contributed by atoms with Crippen LogP contribution in [0.3, 0.4) is 0 Å². The number of benzene rings is 1. The zero-order chi connectivity index (χ0) is 14.6. The van der Waals surface area contributed by atoms with E-state index in [2.05, 4.69) is 10.6 Å². The molecule has 1 aliphatic rings. The van der Waals surface area contributed by atoms with Gasteiger partial charge in [-0.25, -0.2) is 0 Å². The monoisotopic (exact) mass is 311 g/mol. The largest absolute Gasteiger partial charge is 0.352 e. The Morgan fingerprint density at radius 1 is 1.33 bits per heavy atom. The fourth-order valence-corrected chi connectivity index (χ4v) is 2.12. The molecule has 2 rings (SSSR count). The van der Waals surface area contributed by atoms with Crippen LogP contribution in [0.4, 0.5) is 5.69 Å². The van der Waals surface area contributed by atoms with Crippen molar-refractivity contribution in [3.8, 4) is 0 Å². The molecule has 1 aromatic rings. The molecule has 0 aromatic heterocycles. The lowest BCUT2D eigenvalue weighted by atomic mass is 9.77. The fourth-order valence-electron chi connectivity index (χ4n) is 2.12. The van der Waals surface area contributed by atoms with Crippen LogP contribution in [0.15, 0.2) is 24.3 Å². The van der Waals surface area contributed by atoms with Gasteiger partial charge >= 0.3 is 0 Å². The lowest BCUT2D eigenvalue weighted by Gasteiger charge is -2.36. The molecule has 0 atom stereocenters. The van der Waals surface area contributed by atoms with Gasteiger partial charge in [-0.3, -0.25) is 9.59 Å². The molecule has 6 heteroatoms. The molecule has 5 nitrogen and oxygen atoms in total. The number of hydrogen-bond acceptors (Lipinski definition) is 3. The van der Waals surface area contributed by atoms with Gasteiger partial charge in [0, 0.05) is 17.8 Å². The molecule has 0 saturated heterocycles. The number of carbonyl (C=O) groups excluding carboxylic acids is 2. The van der Waals surface area contributed by atoms with Crippen molar-refractivity contribution in [1.29, 1.82) is 0 Å². The Morgan fingerprint density at radius 3 is 2.62 bits per heavy atom. The van der Waals surface area contributed by atoms with E-state index < -0.39 is 5.54 Å². The maximum atomic E-state index is 12.0. The standard InChI is InChI=1S/C15H21N3O2.ClH/c1-2-9-17-13(19)11-5-3-6-12(10-11)18-14(20)15(16)7-4-8-15;/h3,5-6,10H,2,4,7-9,16H2,1H3,(H,17,19)(H,18,20);1H. The smallest absolute Gasteiger partial charge is 0.251 e. The quantitative estimate of drug-likeness (QED) is 0.778. The molecule has 0 spiro atoms. The van der Waals surface area contributed by atoms with Gasteiger partial charge in [-0.1, -0.05) is 13.0 Å². The molecular formula is C15H22ClN3O2. The normalized spacial score (nSPS) is 15.3. The van der Waals surface area contributed by atoms with Crippen molar-refractivity contribution in [2.24, 2.45) is 5.73 Å². The number of hydrogen-bond donors (Lipinski definition) is 3. The number of nitrogens with two attached hydrogens (primary N) is 1. The highest BCUT2D eigenvalue weighted by atomic mass is 35.5. The van der Waals surface area contributed by atoms with Crippen LogP contribution in [0.25, 0.3) is 0 Å². The predicted octanol–water partition coefficient (Wildman–Crippen LogP) is 2.07. The van der Waals surface area contributed by atoms with Crippen molar-refractivity contribution in [1.82, 2.24) is 5.32 Å². The highest BCUT2D eigenvalue weighted by Crippen LogP contribution is 2.30. The molecule has 0 heterocycles. The summed E-state index contributed by atoms with van der Waals surface area (Å²) in [5, 5.41) is 5.60. The van der Waals surface area contributed by atoms with Gasteiger partial charge < -0.3 is 16.4 Å². The van der Waals surface area contributed by atoms with E-state index in [4.69, 9.17) is 5.73 Å². The van der Waals surface area contributed by atoms with E-state index in [1.54, 1.807) is 24.3 Å². The maximum Gasteiger partial charge on any atom is 0.251 e. The molecule has 1 aromatic carbocycles. The van der Waals surface area contributed by atoms with Crippen LogP contribution >= 0.6 is 12.4 Å². The van der Waals surface area contributed by atoms with E-state index in [0.717, 1.165) is 25.7 Å². The van der Waals surface area contributed by atoms with Gasteiger partial charge in [0.1, 0.15) is 0 Å². The number of halogens is 1. The summed E-state index contributed by atoms with van der Waals surface area (Å²) in [5.74, 6) is -0.302. The van der Waals surface area contributed by atoms with Crippen LogP contribution in [0.5, 0.6) is 0 Å². The first-order valence-electron chi connectivity index (χ1n) is 7.04. The summed E-state index contributed by atoms with van der Waals surface area (Å²) >= 11 is 0. The summed E-state index contributed by atoms with van der Waals surface area (Å²) in [5.41, 5.74) is 6.38. The van der Waals surface area contributed by atoms with Gasteiger partial charge in [0.15, 0.2) is 0 Å². The summed E-state index contributed by atoms with van der Waals surface area (Å²) in [6.07, 6.45) is 3.31. The van der Waals surface area contributed by atoms with Gasteiger partial charge in [-0.15, -0.1) is 12.4 Å². The van der Waals surface area contributed by atoms with Crippen LogP contribution in [0.2, 0.25) is 0 Å². The van der Waals surface area contributed by atoms with Crippen LogP contribution < -0.4 is 16.4 Å². The molecule has 0 aliphatic heterocycles. The van der Waals surface area contributed by atoms with Crippen molar-refractivity contribution in [3.63, 3.8) is 0 Å². The Labute approximate surface area is 131 Å². The third-order valence-corrected chi connectivity index (χ3v) is 3.62. The minimum atomic E-state index is -0.736. The van der Waals surface area contributed by atoms with Gasteiger partial charge in [0.2, 0.25) is 5.91 Å². The van der Waals surface area contributed by atoms with Gasteiger partial charge in [0.05, 0.1) is 5.54 Å². The molecule has 0 radical (unpaired) electrons. The molecule has 116 valence electrons. The van der Waals surface area contributed by atoms with E-state index in [0.29, 0.717) is 17.8 Å². The van der Waals surface area contributed by atoms with Crippen molar-refractivity contribution < 1.29 is 9.59 Å². The molecule has 21 heavy (non-hydrogen) atoms. The number of anilines is 1. The van der Waals surface area contributed by atoms with E-state index in [-0.39, 0.29) is 24.2 Å². The zero-order valence-electron chi connectivity index (χ0n) is 12.1. The Hall–Kier alpha value is -1.59.